The zero-order valence-corrected chi connectivity index (χ0v) is 10.3. The molecule has 4 heteroatoms. The first kappa shape index (κ1) is 12.9. The van der Waals surface area contributed by atoms with Gasteiger partial charge in [-0.25, -0.2) is 0 Å². The van der Waals surface area contributed by atoms with E-state index in [0.717, 1.165) is 31.2 Å². The van der Waals surface area contributed by atoms with Crippen LogP contribution in [0.3, 0.4) is 0 Å². The third-order valence-electron chi connectivity index (χ3n) is 3.27. The fourth-order valence-corrected chi connectivity index (χ4v) is 2.40. The van der Waals surface area contributed by atoms with E-state index in [2.05, 4.69) is 0 Å². The first-order valence-corrected chi connectivity index (χ1v) is 6.37. The van der Waals surface area contributed by atoms with Crippen molar-refractivity contribution >= 4 is 5.97 Å². The summed E-state index contributed by atoms with van der Waals surface area (Å²) in [5, 5.41) is 8.86. The minimum Gasteiger partial charge on any atom is -0.490 e. The lowest BCUT2D eigenvalue weighted by Gasteiger charge is -2.28. The molecule has 2 unspecified atom stereocenters. The number of aliphatic carboxylic acids is 1. The molecule has 0 heterocycles. The second-order valence-corrected chi connectivity index (χ2v) is 4.84. The highest BCUT2D eigenvalue weighted by molar-refractivity contribution is 5.71. The predicted molar refractivity (Wildman–Crippen MR) is 68.6 cm³/mol. The first-order chi connectivity index (χ1) is 8.65. The molecule has 1 aromatic rings. The van der Waals surface area contributed by atoms with Crippen LogP contribution in [0.2, 0.25) is 0 Å². The van der Waals surface area contributed by atoms with Crippen LogP contribution in [-0.2, 0) is 11.2 Å². The standard InChI is InChI=1S/C14H19NO3/c15-11-5-3-6-12(9-11)18-13-7-2-1-4-10(13)8-14(16)17/h1-2,4,7,11-12H,3,5-6,8-9,15H2,(H,16,17). The van der Waals surface area contributed by atoms with Crippen LogP contribution in [0.1, 0.15) is 31.2 Å². The molecule has 0 aliphatic heterocycles. The molecule has 0 radical (unpaired) electrons. The summed E-state index contributed by atoms with van der Waals surface area (Å²) in [6, 6.07) is 7.53. The monoisotopic (exact) mass is 249 g/mol. The Morgan fingerprint density at radius 2 is 2.17 bits per heavy atom. The Hall–Kier alpha value is -1.55. The van der Waals surface area contributed by atoms with E-state index in [1.54, 1.807) is 6.07 Å². The Bertz CT molecular complexity index is 419. The lowest BCUT2D eigenvalue weighted by atomic mass is 9.93. The van der Waals surface area contributed by atoms with Gasteiger partial charge in [0, 0.05) is 11.6 Å². The van der Waals surface area contributed by atoms with Crippen LogP contribution in [0.4, 0.5) is 0 Å². The quantitative estimate of drug-likeness (QED) is 0.855. The summed E-state index contributed by atoms with van der Waals surface area (Å²) >= 11 is 0. The summed E-state index contributed by atoms with van der Waals surface area (Å²) in [5.74, 6) is -0.162. The van der Waals surface area contributed by atoms with Gasteiger partial charge in [0.2, 0.25) is 0 Å². The summed E-state index contributed by atoms with van der Waals surface area (Å²) in [4.78, 5) is 10.8. The molecule has 98 valence electrons. The van der Waals surface area contributed by atoms with Gasteiger partial charge in [0.05, 0.1) is 6.42 Å². The fraction of sp³-hybridized carbons (Fsp3) is 0.500. The SMILES string of the molecule is NC1CCCC(Oc2ccccc2CC(=O)O)C1. The third kappa shape index (κ3) is 3.47. The van der Waals surface area contributed by atoms with Crippen LogP contribution in [0.5, 0.6) is 5.75 Å². The Kier molecular flexibility index (Phi) is 4.20. The molecule has 1 saturated carbocycles. The third-order valence-corrected chi connectivity index (χ3v) is 3.27. The van der Waals surface area contributed by atoms with E-state index in [4.69, 9.17) is 15.6 Å². The highest BCUT2D eigenvalue weighted by Gasteiger charge is 2.21. The van der Waals surface area contributed by atoms with E-state index in [9.17, 15) is 4.79 Å². The number of ether oxygens (including phenoxy) is 1. The number of nitrogens with two attached hydrogens (primary N) is 1. The largest absolute Gasteiger partial charge is 0.490 e. The molecule has 1 aliphatic rings. The molecule has 2 rings (SSSR count). The summed E-state index contributed by atoms with van der Waals surface area (Å²) in [6.45, 7) is 0. The van der Waals surface area contributed by atoms with Crippen LogP contribution >= 0.6 is 0 Å². The van der Waals surface area contributed by atoms with E-state index in [1.165, 1.54) is 0 Å². The molecular weight excluding hydrogens is 230 g/mol. The number of hydrogen-bond acceptors (Lipinski definition) is 3. The lowest BCUT2D eigenvalue weighted by molar-refractivity contribution is -0.136. The summed E-state index contributed by atoms with van der Waals surface area (Å²) in [6.07, 6.45) is 4.08. The Labute approximate surface area is 107 Å². The van der Waals surface area contributed by atoms with E-state index >= 15 is 0 Å². The van der Waals surface area contributed by atoms with Crippen LogP contribution in [0.25, 0.3) is 0 Å². The summed E-state index contributed by atoms with van der Waals surface area (Å²) < 4.78 is 5.91. The number of benzene rings is 1. The summed E-state index contributed by atoms with van der Waals surface area (Å²) in [5.41, 5.74) is 6.65. The number of hydrogen-bond donors (Lipinski definition) is 2. The van der Waals surface area contributed by atoms with Crippen molar-refractivity contribution in [1.29, 1.82) is 0 Å². The van der Waals surface area contributed by atoms with Crippen LogP contribution < -0.4 is 10.5 Å². The topological polar surface area (TPSA) is 72.5 Å². The molecular formula is C14H19NO3. The molecule has 0 amide bonds. The molecule has 1 aliphatic carbocycles. The van der Waals surface area contributed by atoms with E-state index < -0.39 is 5.97 Å². The van der Waals surface area contributed by atoms with Crippen molar-refractivity contribution in [2.24, 2.45) is 5.73 Å². The minimum absolute atomic E-state index is 0.00501. The van der Waals surface area contributed by atoms with Crippen molar-refractivity contribution < 1.29 is 14.6 Å². The second-order valence-electron chi connectivity index (χ2n) is 4.84. The molecule has 1 aromatic carbocycles. The number of carbonyl (C=O) groups is 1. The highest BCUT2D eigenvalue weighted by atomic mass is 16.5. The van der Waals surface area contributed by atoms with Crippen LogP contribution in [0.15, 0.2) is 24.3 Å². The maximum Gasteiger partial charge on any atom is 0.307 e. The van der Waals surface area contributed by atoms with Crippen molar-refractivity contribution in [1.82, 2.24) is 0 Å². The Morgan fingerprint density at radius 1 is 1.39 bits per heavy atom. The van der Waals surface area contributed by atoms with Crippen LogP contribution in [0, 0.1) is 0 Å². The van der Waals surface area contributed by atoms with Crippen LogP contribution in [-0.4, -0.2) is 23.2 Å². The van der Waals surface area contributed by atoms with E-state index in [-0.39, 0.29) is 18.6 Å². The van der Waals surface area contributed by atoms with Gasteiger partial charge in [0.15, 0.2) is 0 Å². The van der Waals surface area contributed by atoms with Crippen molar-refractivity contribution in [3.8, 4) is 5.75 Å². The van der Waals surface area contributed by atoms with Gasteiger partial charge >= 0.3 is 5.97 Å². The van der Waals surface area contributed by atoms with Gasteiger partial charge in [0.1, 0.15) is 11.9 Å². The van der Waals surface area contributed by atoms with Crippen molar-refractivity contribution in [3.63, 3.8) is 0 Å². The van der Waals surface area contributed by atoms with Crippen molar-refractivity contribution in [2.75, 3.05) is 0 Å². The number of rotatable bonds is 4. The van der Waals surface area contributed by atoms with Gasteiger partial charge in [-0.2, -0.15) is 0 Å². The van der Waals surface area contributed by atoms with Gasteiger partial charge in [-0.1, -0.05) is 18.2 Å². The van der Waals surface area contributed by atoms with Gasteiger partial charge in [-0.05, 0) is 31.7 Å². The molecule has 3 N–H and O–H groups in total. The zero-order chi connectivity index (χ0) is 13.0. The lowest BCUT2D eigenvalue weighted by Crippen LogP contribution is -2.33. The van der Waals surface area contributed by atoms with Gasteiger partial charge < -0.3 is 15.6 Å². The fourth-order valence-electron chi connectivity index (χ4n) is 2.40. The maximum absolute atomic E-state index is 10.8. The molecule has 0 saturated heterocycles. The molecule has 0 bridgehead atoms. The molecule has 0 spiro atoms. The summed E-state index contributed by atoms with van der Waals surface area (Å²) in [7, 11) is 0. The predicted octanol–water partition coefficient (Wildman–Crippen LogP) is 1.96. The molecule has 1 fully saturated rings. The average Bonchev–Trinajstić information content (AvgIpc) is 2.31. The minimum atomic E-state index is -0.841. The number of carboxylic acids is 1. The zero-order valence-electron chi connectivity index (χ0n) is 10.3. The van der Waals surface area contributed by atoms with Crippen molar-refractivity contribution in [2.45, 2.75) is 44.2 Å². The maximum atomic E-state index is 10.8. The highest BCUT2D eigenvalue weighted by Crippen LogP contribution is 2.25. The van der Waals surface area contributed by atoms with Gasteiger partial charge in [-0.3, -0.25) is 4.79 Å². The number of carboxylic acid groups (broad SMARTS) is 1. The van der Waals surface area contributed by atoms with E-state index in [1.807, 2.05) is 18.2 Å². The van der Waals surface area contributed by atoms with E-state index in [0.29, 0.717) is 5.75 Å². The van der Waals surface area contributed by atoms with Gasteiger partial charge in [-0.15, -0.1) is 0 Å². The average molecular weight is 249 g/mol. The Morgan fingerprint density at radius 3 is 2.89 bits per heavy atom. The molecule has 4 nitrogen and oxygen atoms in total. The first-order valence-electron chi connectivity index (χ1n) is 6.37. The van der Waals surface area contributed by atoms with Gasteiger partial charge in [0.25, 0.3) is 0 Å². The number of para-hydroxylation sites is 1. The normalized spacial score (nSPS) is 23.6. The Balaban J connectivity index is 2.05. The van der Waals surface area contributed by atoms with Crippen molar-refractivity contribution in [3.05, 3.63) is 29.8 Å². The smallest absolute Gasteiger partial charge is 0.307 e. The molecule has 18 heavy (non-hydrogen) atoms. The molecule has 0 aromatic heterocycles. The second kappa shape index (κ2) is 5.87. The molecule has 2 atom stereocenters.